The molecule has 0 spiro atoms. The maximum atomic E-state index is 12.9. The third kappa shape index (κ3) is 3.68. The van der Waals surface area contributed by atoms with Crippen LogP contribution in [0, 0.1) is 5.92 Å². The quantitative estimate of drug-likeness (QED) is 0.632. The Hall–Kier alpha value is -1.14. The molecule has 2 atom stereocenters. The van der Waals surface area contributed by atoms with Crippen molar-refractivity contribution in [2.75, 3.05) is 0 Å². The van der Waals surface area contributed by atoms with Gasteiger partial charge in [-0.05, 0) is 18.4 Å². The van der Waals surface area contributed by atoms with Gasteiger partial charge in [-0.2, -0.15) is 13.2 Å². The minimum atomic E-state index is -4.39. The fourth-order valence-corrected chi connectivity index (χ4v) is 1.80. The molecule has 18 heavy (non-hydrogen) atoms. The van der Waals surface area contributed by atoms with E-state index in [4.69, 9.17) is 5.84 Å². The first-order valence-corrected chi connectivity index (χ1v) is 5.87. The Balaban J connectivity index is 3.06. The Morgan fingerprint density at radius 3 is 2.61 bits per heavy atom. The second kappa shape index (κ2) is 6.15. The first-order chi connectivity index (χ1) is 8.40. The first-order valence-electron chi connectivity index (χ1n) is 5.87. The van der Waals surface area contributed by atoms with E-state index in [1.807, 2.05) is 13.8 Å². The maximum absolute atomic E-state index is 12.9. The van der Waals surface area contributed by atoms with Crippen molar-refractivity contribution in [3.05, 3.63) is 29.6 Å². The molecule has 3 nitrogen and oxygen atoms in total. The van der Waals surface area contributed by atoms with Crippen LogP contribution < -0.4 is 11.3 Å². The summed E-state index contributed by atoms with van der Waals surface area (Å²) in [4.78, 5) is 3.77. The number of hydrogen-bond donors (Lipinski definition) is 2. The molecule has 0 aliphatic rings. The fraction of sp³-hybridized carbons (Fsp3) is 0.583. The van der Waals surface area contributed by atoms with Crippen molar-refractivity contribution in [2.24, 2.45) is 11.8 Å². The van der Waals surface area contributed by atoms with Crippen LogP contribution in [0.1, 0.15) is 43.9 Å². The normalized spacial score (nSPS) is 15.4. The SMILES string of the molecule is CCC(C)CC(NN)c1cnccc1C(F)(F)F. The summed E-state index contributed by atoms with van der Waals surface area (Å²) in [5.74, 6) is 5.66. The number of nitrogens with two attached hydrogens (primary N) is 1. The lowest BCUT2D eigenvalue weighted by molar-refractivity contribution is -0.138. The van der Waals surface area contributed by atoms with Crippen LogP contribution in [0.5, 0.6) is 0 Å². The lowest BCUT2D eigenvalue weighted by atomic mass is 9.93. The number of nitrogens with zero attached hydrogens (tertiary/aromatic N) is 1. The smallest absolute Gasteiger partial charge is 0.271 e. The molecule has 3 N–H and O–H groups in total. The van der Waals surface area contributed by atoms with Gasteiger partial charge in [-0.15, -0.1) is 0 Å². The molecule has 2 unspecified atom stereocenters. The molecule has 0 saturated carbocycles. The summed E-state index contributed by atoms with van der Waals surface area (Å²) in [6.45, 7) is 3.97. The third-order valence-corrected chi connectivity index (χ3v) is 3.07. The average Bonchev–Trinajstić information content (AvgIpc) is 2.34. The molecule has 0 aliphatic heterocycles. The zero-order valence-electron chi connectivity index (χ0n) is 10.5. The van der Waals surface area contributed by atoms with Gasteiger partial charge in [0.15, 0.2) is 0 Å². The monoisotopic (exact) mass is 261 g/mol. The van der Waals surface area contributed by atoms with Crippen molar-refractivity contribution in [1.29, 1.82) is 0 Å². The number of hydrazine groups is 1. The van der Waals surface area contributed by atoms with Gasteiger partial charge in [0.2, 0.25) is 0 Å². The molecule has 0 aliphatic carbocycles. The topological polar surface area (TPSA) is 50.9 Å². The van der Waals surface area contributed by atoms with Crippen LogP contribution in [0.25, 0.3) is 0 Å². The standard InChI is InChI=1S/C12H18F3N3/c1-3-8(2)6-11(18-16)9-7-17-5-4-10(9)12(13,14)15/h4-5,7-8,11,18H,3,6,16H2,1-2H3. The van der Waals surface area contributed by atoms with Crippen LogP contribution in [0.3, 0.4) is 0 Å². The van der Waals surface area contributed by atoms with E-state index in [2.05, 4.69) is 10.4 Å². The van der Waals surface area contributed by atoms with E-state index >= 15 is 0 Å². The lowest BCUT2D eigenvalue weighted by Gasteiger charge is -2.22. The molecular weight excluding hydrogens is 243 g/mol. The summed E-state index contributed by atoms with van der Waals surface area (Å²) >= 11 is 0. The predicted octanol–water partition coefficient (Wildman–Crippen LogP) is 3.04. The molecule has 1 aromatic heterocycles. The number of pyridine rings is 1. The van der Waals surface area contributed by atoms with Crippen LogP contribution in [0.2, 0.25) is 0 Å². The summed E-state index contributed by atoms with van der Waals surface area (Å²) in [5.41, 5.74) is 1.88. The molecule has 1 aromatic rings. The molecule has 102 valence electrons. The van der Waals surface area contributed by atoms with E-state index in [0.717, 1.165) is 18.7 Å². The number of alkyl halides is 3. The number of aromatic nitrogens is 1. The molecule has 0 amide bonds. The van der Waals surface area contributed by atoms with Crippen molar-refractivity contribution in [1.82, 2.24) is 10.4 Å². The molecule has 0 aromatic carbocycles. The Morgan fingerprint density at radius 1 is 1.44 bits per heavy atom. The predicted molar refractivity (Wildman–Crippen MR) is 63.4 cm³/mol. The largest absolute Gasteiger partial charge is 0.416 e. The highest BCUT2D eigenvalue weighted by atomic mass is 19.4. The van der Waals surface area contributed by atoms with E-state index in [1.54, 1.807) is 0 Å². The zero-order valence-corrected chi connectivity index (χ0v) is 10.5. The Bertz CT molecular complexity index is 379. The van der Waals surface area contributed by atoms with Crippen LogP contribution in [0.15, 0.2) is 18.5 Å². The Morgan fingerprint density at radius 2 is 2.11 bits per heavy atom. The molecule has 0 bridgehead atoms. The van der Waals surface area contributed by atoms with Crippen LogP contribution in [0.4, 0.5) is 13.2 Å². The molecule has 6 heteroatoms. The van der Waals surface area contributed by atoms with Crippen molar-refractivity contribution >= 4 is 0 Å². The summed E-state index contributed by atoms with van der Waals surface area (Å²) < 4.78 is 38.6. The van der Waals surface area contributed by atoms with Crippen molar-refractivity contribution in [3.63, 3.8) is 0 Å². The van der Waals surface area contributed by atoms with Gasteiger partial charge < -0.3 is 0 Å². The minimum absolute atomic E-state index is 0.104. The Kier molecular flexibility index (Phi) is 5.10. The fourth-order valence-electron chi connectivity index (χ4n) is 1.80. The third-order valence-electron chi connectivity index (χ3n) is 3.07. The van der Waals surface area contributed by atoms with Gasteiger partial charge in [0.1, 0.15) is 0 Å². The van der Waals surface area contributed by atoms with Crippen molar-refractivity contribution in [3.8, 4) is 0 Å². The number of hydrogen-bond acceptors (Lipinski definition) is 3. The maximum Gasteiger partial charge on any atom is 0.416 e. The summed E-state index contributed by atoms with van der Waals surface area (Å²) in [7, 11) is 0. The number of nitrogens with one attached hydrogen (secondary N) is 1. The number of halogens is 3. The second-order valence-corrected chi connectivity index (χ2v) is 4.43. The van der Waals surface area contributed by atoms with E-state index in [-0.39, 0.29) is 11.5 Å². The van der Waals surface area contributed by atoms with Gasteiger partial charge in [0.25, 0.3) is 0 Å². The highest BCUT2D eigenvalue weighted by molar-refractivity contribution is 5.29. The van der Waals surface area contributed by atoms with Crippen molar-refractivity contribution < 1.29 is 13.2 Å². The average molecular weight is 261 g/mol. The minimum Gasteiger partial charge on any atom is -0.271 e. The highest BCUT2D eigenvalue weighted by Crippen LogP contribution is 2.35. The van der Waals surface area contributed by atoms with E-state index < -0.39 is 17.8 Å². The first kappa shape index (κ1) is 14.9. The number of rotatable bonds is 5. The second-order valence-electron chi connectivity index (χ2n) is 4.43. The van der Waals surface area contributed by atoms with Crippen LogP contribution >= 0.6 is 0 Å². The molecule has 1 rings (SSSR count). The lowest BCUT2D eigenvalue weighted by Crippen LogP contribution is -2.31. The zero-order chi connectivity index (χ0) is 13.8. The van der Waals surface area contributed by atoms with Crippen LogP contribution in [-0.2, 0) is 6.18 Å². The van der Waals surface area contributed by atoms with E-state index in [0.29, 0.717) is 6.42 Å². The Labute approximate surface area is 105 Å². The van der Waals surface area contributed by atoms with Gasteiger partial charge in [0, 0.05) is 24.0 Å². The van der Waals surface area contributed by atoms with Crippen molar-refractivity contribution in [2.45, 2.75) is 38.9 Å². The summed E-state index contributed by atoms with van der Waals surface area (Å²) in [5, 5.41) is 0. The molecule has 1 heterocycles. The van der Waals surface area contributed by atoms with E-state index in [1.165, 1.54) is 6.20 Å². The summed E-state index contributed by atoms with van der Waals surface area (Å²) in [6.07, 6.45) is -0.580. The van der Waals surface area contributed by atoms with Gasteiger partial charge >= 0.3 is 6.18 Å². The van der Waals surface area contributed by atoms with Gasteiger partial charge in [0.05, 0.1) is 5.56 Å². The van der Waals surface area contributed by atoms with Gasteiger partial charge in [-0.3, -0.25) is 16.3 Å². The highest BCUT2D eigenvalue weighted by Gasteiger charge is 2.35. The van der Waals surface area contributed by atoms with Gasteiger partial charge in [-0.25, -0.2) is 0 Å². The van der Waals surface area contributed by atoms with Gasteiger partial charge in [-0.1, -0.05) is 20.3 Å². The summed E-state index contributed by atoms with van der Waals surface area (Å²) in [6, 6.07) is 0.446. The molecule has 0 radical (unpaired) electrons. The molecular formula is C12H18F3N3. The van der Waals surface area contributed by atoms with Crippen LogP contribution in [-0.4, -0.2) is 4.98 Å². The molecule has 0 fully saturated rings. The molecule has 0 saturated heterocycles. The van der Waals surface area contributed by atoms with E-state index in [9.17, 15) is 13.2 Å².